The molecule has 2 rings (SSSR count). The minimum Gasteiger partial charge on any atom is -0.463 e. The van der Waals surface area contributed by atoms with Crippen LogP contribution in [0, 0.1) is 0 Å². The third kappa shape index (κ3) is 1.60. The smallest absolute Gasteiger partial charge is 0.337 e. The average Bonchev–Trinajstić information content (AvgIpc) is 2.48. The molecule has 5 nitrogen and oxygen atoms in total. The number of halogens is 2. The highest BCUT2D eigenvalue weighted by atomic mass is 35.5. The van der Waals surface area contributed by atoms with E-state index in [1.807, 2.05) is 6.92 Å². The highest BCUT2D eigenvalue weighted by Gasteiger charge is 2.09. The topological polar surface area (TPSA) is 52.3 Å². The molecule has 0 fully saturated rings. The van der Waals surface area contributed by atoms with Gasteiger partial charge in [0.25, 0.3) is 5.78 Å². The largest absolute Gasteiger partial charge is 0.463 e. The molecule has 0 aromatic carbocycles. The summed E-state index contributed by atoms with van der Waals surface area (Å²) in [5.41, 5.74) is 0. The van der Waals surface area contributed by atoms with Crippen LogP contribution >= 0.6 is 23.2 Å². The fraction of sp³-hybridized carbons (Fsp3) is 0.286. The van der Waals surface area contributed by atoms with E-state index in [0.717, 1.165) is 0 Å². The van der Waals surface area contributed by atoms with Crippen LogP contribution in [0.25, 0.3) is 5.78 Å². The molecule has 0 radical (unpaired) electrons. The quantitative estimate of drug-likeness (QED) is 0.742. The SMILES string of the molecule is CCOc1nc2nc(Cl)cc(Cl)n2n1. The van der Waals surface area contributed by atoms with Crippen molar-refractivity contribution >= 4 is 29.0 Å². The first-order valence-corrected chi connectivity index (χ1v) is 4.68. The van der Waals surface area contributed by atoms with Crippen molar-refractivity contribution in [2.75, 3.05) is 6.61 Å². The van der Waals surface area contributed by atoms with Crippen LogP contribution in [0.15, 0.2) is 6.07 Å². The third-order valence-electron chi connectivity index (χ3n) is 1.49. The maximum atomic E-state index is 5.86. The highest BCUT2D eigenvalue weighted by Crippen LogP contribution is 2.16. The standard InChI is InChI=1S/C7H6Cl2N4O/c1-2-14-7-11-6-10-4(8)3-5(9)13(6)12-7/h3H,2H2,1H3. The first-order valence-electron chi connectivity index (χ1n) is 3.92. The molecule has 0 aliphatic rings. The van der Waals surface area contributed by atoms with Crippen LogP contribution in [0.4, 0.5) is 0 Å². The second kappa shape index (κ2) is 3.59. The Morgan fingerprint density at radius 3 is 2.93 bits per heavy atom. The van der Waals surface area contributed by atoms with E-state index in [4.69, 9.17) is 27.9 Å². The summed E-state index contributed by atoms with van der Waals surface area (Å²) in [7, 11) is 0. The molecule has 0 atom stereocenters. The van der Waals surface area contributed by atoms with E-state index < -0.39 is 0 Å². The van der Waals surface area contributed by atoms with E-state index in [0.29, 0.717) is 17.5 Å². The zero-order chi connectivity index (χ0) is 10.1. The van der Waals surface area contributed by atoms with Gasteiger partial charge < -0.3 is 4.74 Å². The van der Waals surface area contributed by atoms with E-state index in [2.05, 4.69) is 15.1 Å². The van der Waals surface area contributed by atoms with Crippen LogP contribution in [-0.4, -0.2) is 26.2 Å². The van der Waals surface area contributed by atoms with Gasteiger partial charge in [-0.15, -0.1) is 5.10 Å². The van der Waals surface area contributed by atoms with Crippen molar-refractivity contribution in [3.05, 3.63) is 16.4 Å². The van der Waals surface area contributed by atoms with Crippen LogP contribution < -0.4 is 4.74 Å². The van der Waals surface area contributed by atoms with Crippen molar-refractivity contribution < 1.29 is 4.74 Å². The normalized spacial score (nSPS) is 10.8. The van der Waals surface area contributed by atoms with Gasteiger partial charge in [0.2, 0.25) is 0 Å². The molecule has 0 aliphatic heterocycles. The average molecular weight is 233 g/mol. The van der Waals surface area contributed by atoms with Gasteiger partial charge in [-0.2, -0.15) is 14.5 Å². The molecule has 74 valence electrons. The van der Waals surface area contributed by atoms with Crippen LogP contribution in [0.3, 0.4) is 0 Å². The molecule has 14 heavy (non-hydrogen) atoms. The van der Waals surface area contributed by atoms with Gasteiger partial charge in [0.1, 0.15) is 10.3 Å². The molecule has 2 aromatic heterocycles. The zero-order valence-corrected chi connectivity index (χ0v) is 8.75. The van der Waals surface area contributed by atoms with Crippen molar-refractivity contribution in [2.45, 2.75) is 6.92 Å². The number of aromatic nitrogens is 4. The van der Waals surface area contributed by atoms with Crippen LogP contribution in [0.5, 0.6) is 6.01 Å². The Kier molecular flexibility index (Phi) is 2.43. The van der Waals surface area contributed by atoms with Crippen LogP contribution in [0.1, 0.15) is 6.92 Å². The maximum absolute atomic E-state index is 5.86. The van der Waals surface area contributed by atoms with E-state index >= 15 is 0 Å². The number of nitrogens with zero attached hydrogens (tertiary/aromatic N) is 4. The lowest BCUT2D eigenvalue weighted by molar-refractivity contribution is 0.313. The Morgan fingerprint density at radius 2 is 2.21 bits per heavy atom. The fourth-order valence-electron chi connectivity index (χ4n) is 0.979. The molecular weight excluding hydrogens is 227 g/mol. The number of rotatable bonds is 2. The number of ether oxygens (including phenoxy) is 1. The van der Waals surface area contributed by atoms with E-state index in [-0.39, 0.29) is 11.2 Å². The number of fused-ring (bicyclic) bond motifs is 1. The van der Waals surface area contributed by atoms with E-state index in [1.54, 1.807) is 0 Å². The molecule has 2 heterocycles. The minimum absolute atomic E-state index is 0.240. The molecule has 0 unspecified atom stereocenters. The van der Waals surface area contributed by atoms with Gasteiger partial charge in [-0.1, -0.05) is 23.2 Å². The van der Waals surface area contributed by atoms with Crippen LogP contribution in [0.2, 0.25) is 10.3 Å². The molecule has 7 heteroatoms. The van der Waals surface area contributed by atoms with E-state index in [9.17, 15) is 0 Å². The zero-order valence-electron chi connectivity index (χ0n) is 7.24. The summed E-state index contributed by atoms with van der Waals surface area (Å²) in [5.74, 6) is 0.325. The van der Waals surface area contributed by atoms with Gasteiger partial charge in [-0.3, -0.25) is 0 Å². The van der Waals surface area contributed by atoms with E-state index in [1.165, 1.54) is 10.6 Å². The Morgan fingerprint density at radius 1 is 1.43 bits per heavy atom. The summed E-state index contributed by atoms with van der Waals surface area (Å²) in [5, 5.41) is 4.60. The predicted molar refractivity (Wildman–Crippen MR) is 52.0 cm³/mol. The Balaban J connectivity index is 2.58. The van der Waals surface area contributed by atoms with Crippen molar-refractivity contribution in [3.8, 4) is 6.01 Å². The van der Waals surface area contributed by atoms with Crippen LogP contribution in [-0.2, 0) is 0 Å². The first-order chi connectivity index (χ1) is 6.70. The Bertz CT molecular complexity index is 470. The van der Waals surface area contributed by atoms with Gasteiger partial charge in [-0.05, 0) is 6.92 Å². The van der Waals surface area contributed by atoms with Gasteiger partial charge in [0, 0.05) is 6.07 Å². The summed E-state index contributed by atoms with van der Waals surface area (Å²) >= 11 is 11.5. The molecule has 0 N–H and O–H groups in total. The van der Waals surface area contributed by atoms with Gasteiger partial charge in [0.05, 0.1) is 6.61 Å². The van der Waals surface area contributed by atoms with Gasteiger partial charge in [0.15, 0.2) is 0 Å². The van der Waals surface area contributed by atoms with Gasteiger partial charge in [-0.25, -0.2) is 0 Å². The predicted octanol–water partition coefficient (Wildman–Crippen LogP) is 1.83. The fourth-order valence-corrected chi connectivity index (χ4v) is 1.43. The second-order valence-corrected chi connectivity index (χ2v) is 3.22. The summed E-state index contributed by atoms with van der Waals surface area (Å²) in [6.07, 6.45) is 0. The van der Waals surface area contributed by atoms with Gasteiger partial charge >= 0.3 is 6.01 Å². The minimum atomic E-state index is 0.240. The monoisotopic (exact) mass is 232 g/mol. The summed E-state index contributed by atoms with van der Waals surface area (Å²) < 4.78 is 6.46. The molecular formula is C7H6Cl2N4O. The number of hydrogen-bond donors (Lipinski definition) is 0. The molecule has 0 aliphatic carbocycles. The lowest BCUT2D eigenvalue weighted by Crippen LogP contribution is -1.94. The molecule has 0 spiro atoms. The lowest BCUT2D eigenvalue weighted by Gasteiger charge is -1.93. The summed E-state index contributed by atoms with van der Waals surface area (Å²) in [4.78, 5) is 7.90. The lowest BCUT2D eigenvalue weighted by atomic mass is 10.7. The first kappa shape index (κ1) is 9.48. The molecule has 0 saturated carbocycles. The molecule has 2 aromatic rings. The third-order valence-corrected chi connectivity index (χ3v) is 1.95. The second-order valence-electron chi connectivity index (χ2n) is 2.44. The summed E-state index contributed by atoms with van der Waals surface area (Å²) in [6.45, 7) is 2.33. The Hall–Kier alpha value is -1.07. The Labute approximate surface area is 89.6 Å². The molecule has 0 saturated heterocycles. The maximum Gasteiger partial charge on any atom is 0.337 e. The number of hydrogen-bond acceptors (Lipinski definition) is 4. The molecule has 0 bridgehead atoms. The van der Waals surface area contributed by atoms with Crippen molar-refractivity contribution in [2.24, 2.45) is 0 Å². The molecule has 0 amide bonds. The highest BCUT2D eigenvalue weighted by molar-refractivity contribution is 6.33. The van der Waals surface area contributed by atoms with Crippen molar-refractivity contribution in [1.82, 2.24) is 19.6 Å². The summed E-state index contributed by atoms with van der Waals surface area (Å²) in [6, 6.07) is 1.73. The van der Waals surface area contributed by atoms with Crippen molar-refractivity contribution in [1.29, 1.82) is 0 Å². The van der Waals surface area contributed by atoms with Crippen molar-refractivity contribution in [3.63, 3.8) is 0 Å².